The summed E-state index contributed by atoms with van der Waals surface area (Å²) >= 11 is 0. The second-order valence-corrected chi connectivity index (χ2v) is 4.15. The molecule has 0 aliphatic carbocycles. The lowest BCUT2D eigenvalue weighted by atomic mass is 10.2. The molecule has 0 aromatic carbocycles. The Hall–Kier alpha value is -1.26. The second-order valence-electron chi connectivity index (χ2n) is 4.15. The molecule has 0 bridgehead atoms. The van der Waals surface area contributed by atoms with Crippen molar-refractivity contribution in [2.45, 2.75) is 92.9 Å². The maximum absolute atomic E-state index is 3.12. The van der Waals surface area contributed by atoms with Crippen LogP contribution in [0, 0.1) is 0 Å². The molecule has 0 saturated heterocycles. The van der Waals surface area contributed by atoms with Gasteiger partial charge < -0.3 is 0 Å². The molecule has 0 saturated carbocycles. The zero-order chi connectivity index (χ0) is 19.2. The van der Waals surface area contributed by atoms with Gasteiger partial charge in [-0.25, -0.2) is 0 Å². The lowest BCUT2D eigenvalue weighted by molar-refractivity contribution is 0.812. The number of rotatable bonds is 8. The highest BCUT2D eigenvalue weighted by atomic mass is 13.8. The molecule has 0 N–H and O–H groups in total. The molecule has 0 spiro atoms. The van der Waals surface area contributed by atoms with Gasteiger partial charge in [0, 0.05) is 0 Å². The predicted molar refractivity (Wildman–Crippen MR) is 115 cm³/mol. The van der Waals surface area contributed by atoms with Crippen molar-refractivity contribution in [3.63, 3.8) is 0 Å². The van der Waals surface area contributed by atoms with Crippen LogP contribution >= 0.6 is 0 Å². The van der Waals surface area contributed by atoms with Gasteiger partial charge in [0.2, 0.25) is 0 Å². The normalized spacial score (nSPS) is 7.57. The fraction of sp³-hybridized carbons (Fsp3) is 0.609. The quantitative estimate of drug-likeness (QED) is 0.237. The molecule has 0 heterocycles. The lowest BCUT2D eigenvalue weighted by Crippen LogP contribution is -1.65. The van der Waals surface area contributed by atoms with Crippen LogP contribution in [0.5, 0.6) is 0 Å². The van der Waals surface area contributed by atoms with E-state index >= 15 is 0 Å². The molecular formula is C23H46. The Balaban J connectivity index is -0.0000000709. The zero-order valence-electron chi connectivity index (χ0n) is 17.3. The van der Waals surface area contributed by atoms with E-state index in [1.807, 2.05) is 13.8 Å². The fourth-order valence-corrected chi connectivity index (χ4v) is 1.20. The third kappa shape index (κ3) is 76.8. The van der Waals surface area contributed by atoms with Crippen LogP contribution < -0.4 is 0 Å². The van der Waals surface area contributed by atoms with E-state index in [1.54, 1.807) is 0 Å². The van der Waals surface area contributed by atoms with Crippen LogP contribution in [0.3, 0.4) is 0 Å². The summed E-state index contributed by atoms with van der Waals surface area (Å²) in [5, 5.41) is 0. The van der Waals surface area contributed by atoms with Crippen LogP contribution in [0.15, 0.2) is 56.4 Å². The smallest absolute Gasteiger partial charge is 0.0275 e. The van der Waals surface area contributed by atoms with E-state index in [9.17, 15) is 0 Å². The summed E-state index contributed by atoms with van der Waals surface area (Å²) in [5.41, 5.74) is 3.12. The Morgan fingerprint density at radius 1 is 0.652 bits per heavy atom. The van der Waals surface area contributed by atoms with Gasteiger partial charge in [-0.15, -0.1) is 32.0 Å². The second kappa shape index (κ2) is 58.6. The minimum absolute atomic E-state index is 1.10. The largest absolute Gasteiger partial charge is 0.130 e. The highest BCUT2D eigenvalue weighted by Gasteiger charge is 1.75. The van der Waals surface area contributed by atoms with E-state index in [0.29, 0.717) is 0 Å². The van der Waals surface area contributed by atoms with Crippen LogP contribution in [0.1, 0.15) is 92.9 Å². The van der Waals surface area contributed by atoms with Crippen molar-refractivity contribution < 1.29 is 0 Å². The molecule has 0 heteroatoms. The van der Waals surface area contributed by atoms with E-state index in [1.165, 1.54) is 44.9 Å². The number of unbranched alkanes of at least 4 members (excludes halogenated alkanes) is 4. The molecule has 0 rings (SSSR count). The average Bonchev–Trinajstić information content (AvgIpc) is 2.64. The third-order valence-electron chi connectivity index (χ3n) is 2.27. The zero-order valence-corrected chi connectivity index (χ0v) is 17.3. The average molecular weight is 323 g/mol. The van der Waals surface area contributed by atoms with Crippen molar-refractivity contribution in [2.24, 2.45) is 0 Å². The Bertz CT molecular complexity index is 214. The molecule has 0 aromatic heterocycles. The van der Waals surface area contributed by atoms with Gasteiger partial charge in [0.25, 0.3) is 0 Å². The van der Waals surface area contributed by atoms with E-state index in [2.05, 4.69) is 84.0 Å². The summed E-state index contributed by atoms with van der Waals surface area (Å²) < 4.78 is 0. The molecule has 0 fully saturated rings. The summed E-state index contributed by atoms with van der Waals surface area (Å²) in [5.74, 6) is 0. The molecule has 0 unspecified atom stereocenters. The van der Waals surface area contributed by atoms with Crippen molar-refractivity contribution in [1.29, 1.82) is 0 Å². The molecule has 0 aliphatic rings. The molecule has 0 nitrogen and oxygen atoms in total. The predicted octanol–water partition coefficient (Wildman–Crippen LogP) is 9.07. The summed E-state index contributed by atoms with van der Waals surface area (Å²) in [6.45, 7) is 24.7. The fourth-order valence-electron chi connectivity index (χ4n) is 1.20. The topological polar surface area (TPSA) is 0 Å². The van der Waals surface area contributed by atoms with Gasteiger partial charge in [-0.3, -0.25) is 0 Å². The van der Waals surface area contributed by atoms with Gasteiger partial charge in [0.05, 0.1) is 0 Å². The number of hydrogen-bond donors (Lipinski definition) is 0. The molecule has 0 aliphatic heterocycles. The third-order valence-corrected chi connectivity index (χ3v) is 2.27. The first-order chi connectivity index (χ1) is 11.3. The van der Waals surface area contributed by atoms with Gasteiger partial charge in [-0.05, 0) is 44.3 Å². The Kier molecular flexibility index (Phi) is 85.1. The van der Waals surface area contributed by atoms with E-state index in [-0.39, 0.29) is 0 Å². The maximum atomic E-state index is 3.12. The van der Waals surface area contributed by atoms with Crippen LogP contribution in [0.2, 0.25) is 0 Å². The maximum Gasteiger partial charge on any atom is -0.0275 e. The van der Waals surface area contributed by atoms with Crippen LogP contribution in [-0.4, -0.2) is 0 Å². The molecule has 138 valence electrons. The van der Waals surface area contributed by atoms with Gasteiger partial charge >= 0.3 is 0 Å². The SMILES string of the molecule is C=C.C=C.CC.CC/C=C\CCCC.CCC=C=CCCCC. The first-order valence-corrected chi connectivity index (χ1v) is 9.37. The summed E-state index contributed by atoms with van der Waals surface area (Å²) in [4.78, 5) is 0. The summed E-state index contributed by atoms with van der Waals surface area (Å²) in [6.07, 6.45) is 18.7. The number of allylic oxidation sites excluding steroid dienone is 3. The molecular weight excluding hydrogens is 276 g/mol. The van der Waals surface area contributed by atoms with Crippen LogP contribution in [-0.2, 0) is 0 Å². The van der Waals surface area contributed by atoms with Crippen molar-refractivity contribution in [1.82, 2.24) is 0 Å². The highest BCUT2D eigenvalue weighted by molar-refractivity contribution is 4.83. The van der Waals surface area contributed by atoms with Gasteiger partial charge in [-0.2, -0.15) is 0 Å². The molecule has 0 aromatic rings. The summed E-state index contributed by atoms with van der Waals surface area (Å²) in [7, 11) is 0. The first-order valence-electron chi connectivity index (χ1n) is 9.37. The van der Waals surface area contributed by atoms with Gasteiger partial charge in [0.15, 0.2) is 0 Å². The van der Waals surface area contributed by atoms with Crippen molar-refractivity contribution in [3.05, 3.63) is 56.4 Å². The van der Waals surface area contributed by atoms with Crippen molar-refractivity contribution in [3.8, 4) is 0 Å². The molecule has 0 atom stereocenters. The minimum Gasteiger partial charge on any atom is -0.130 e. The molecule has 0 radical (unpaired) electrons. The minimum atomic E-state index is 1.10. The number of hydrogen-bond acceptors (Lipinski definition) is 0. The first kappa shape index (κ1) is 33.4. The summed E-state index contributed by atoms with van der Waals surface area (Å²) in [6, 6.07) is 0. The van der Waals surface area contributed by atoms with Gasteiger partial charge in [-0.1, -0.05) is 73.0 Å². The highest BCUT2D eigenvalue weighted by Crippen LogP contribution is 1.95. The van der Waals surface area contributed by atoms with Gasteiger partial charge in [0.1, 0.15) is 0 Å². The Morgan fingerprint density at radius 2 is 1.13 bits per heavy atom. The van der Waals surface area contributed by atoms with Crippen molar-refractivity contribution >= 4 is 0 Å². The Labute approximate surface area is 149 Å². The van der Waals surface area contributed by atoms with E-state index in [4.69, 9.17) is 0 Å². The standard InChI is InChI=1S/C9H16.C8H16.C2H6.2C2H4/c1-3-5-7-9-8-6-4-2;1-3-5-7-8-6-4-2;3*1-2/h5,9H,3-4,6,8H2,1-2H3;5,7H,3-4,6,8H2,1-2H3;1-2H3;2*1-2H2/b;7-5-;;;. The Morgan fingerprint density at radius 3 is 1.52 bits per heavy atom. The van der Waals surface area contributed by atoms with E-state index in [0.717, 1.165) is 6.42 Å². The lowest BCUT2D eigenvalue weighted by Gasteiger charge is -1.85. The van der Waals surface area contributed by atoms with Crippen LogP contribution in [0.4, 0.5) is 0 Å². The molecule has 23 heavy (non-hydrogen) atoms. The van der Waals surface area contributed by atoms with E-state index < -0.39 is 0 Å². The van der Waals surface area contributed by atoms with Crippen molar-refractivity contribution in [2.75, 3.05) is 0 Å². The molecule has 0 amide bonds. The van der Waals surface area contributed by atoms with Crippen LogP contribution in [0.25, 0.3) is 0 Å². The monoisotopic (exact) mass is 322 g/mol.